The first kappa shape index (κ1) is 13.2. The molecule has 6 nitrogen and oxygen atoms in total. The SMILES string of the molecule is C=C[C@@H]1C[C@@]1([C]=O)NC(=O)OC(C)(C)C(N)=O. The lowest BCUT2D eigenvalue weighted by molar-refractivity contribution is -0.133. The molecule has 1 saturated carbocycles. The number of carbonyl (C=O) groups excluding carboxylic acids is 3. The van der Waals surface area contributed by atoms with Gasteiger partial charge in [-0.3, -0.25) is 9.59 Å². The van der Waals surface area contributed by atoms with Crippen LogP contribution in [0.4, 0.5) is 4.79 Å². The average Bonchev–Trinajstić information content (AvgIpc) is 2.91. The zero-order chi connectivity index (χ0) is 13.3. The van der Waals surface area contributed by atoms with E-state index in [4.69, 9.17) is 10.5 Å². The lowest BCUT2D eigenvalue weighted by Crippen LogP contribution is -2.48. The highest BCUT2D eigenvalue weighted by Crippen LogP contribution is 2.42. The lowest BCUT2D eigenvalue weighted by Gasteiger charge is -2.22. The fourth-order valence-electron chi connectivity index (χ4n) is 1.35. The van der Waals surface area contributed by atoms with Gasteiger partial charge >= 0.3 is 6.09 Å². The van der Waals surface area contributed by atoms with E-state index in [0.29, 0.717) is 6.42 Å². The molecule has 1 radical (unpaired) electrons. The van der Waals surface area contributed by atoms with Gasteiger partial charge < -0.3 is 15.8 Å². The lowest BCUT2D eigenvalue weighted by atomic mass is 10.1. The zero-order valence-electron chi connectivity index (χ0n) is 9.78. The Labute approximate surface area is 99.2 Å². The van der Waals surface area contributed by atoms with Crippen molar-refractivity contribution in [2.45, 2.75) is 31.4 Å². The van der Waals surface area contributed by atoms with Crippen molar-refractivity contribution in [1.29, 1.82) is 0 Å². The number of ether oxygens (including phenoxy) is 1. The maximum atomic E-state index is 11.5. The Morgan fingerprint density at radius 2 is 2.24 bits per heavy atom. The summed E-state index contributed by atoms with van der Waals surface area (Å²) >= 11 is 0. The highest BCUT2D eigenvalue weighted by molar-refractivity contribution is 5.87. The van der Waals surface area contributed by atoms with Gasteiger partial charge in [-0.15, -0.1) is 6.58 Å². The van der Waals surface area contributed by atoms with Crippen LogP contribution in [0, 0.1) is 5.92 Å². The summed E-state index contributed by atoms with van der Waals surface area (Å²) in [6, 6.07) is 0. The van der Waals surface area contributed by atoms with Crippen LogP contribution in [0.15, 0.2) is 12.7 Å². The predicted molar refractivity (Wildman–Crippen MR) is 59.6 cm³/mol. The molecule has 1 fully saturated rings. The Morgan fingerprint density at radius 3 is 2.59 bits per heavy atom. The van der Waals surface area contributed by atoms with Crippen LogP contribution >= 0.6 is 0 Å². The quantitative estimate of drug-likeness (QED) is 0.661. The number of rotatable bonds is 5. The fraction of sp³-hybridized carbons (Fsp3) is 0.545. The number of nitrogens with two attached hydrogens (primary N) is 1. The molecule has 0 spiro atoms. The van der Waals surface area contributed by atoms with Gasteiger partial charge in [0.2, 0.25) is 6.29 Å². The number of amides is 2. The monoisotopic (exact) mass is 239 g/mol. The van der Waals surface area contributed by atoms with E-state index in [0.717, 1.165) is 0 Å². The van der Waals surface area contributed by atoms with Crippen molar-refractivity contribution in [3.8, 4) is 0 Å². The average molecular weight is 239 g/mol. The Balaban J connectivity index is 2.60. The molecule has 0 aromatic carbocycles. The molecular formula is C11H15N2O4. The van der Waals surface area contributed by atoms with Gasteiger partial charge in [-0.2, -0.15) is 0 Å². The van der Waals surface area contributed by atoms with E-state index in [-0.39, 0.29) is 5.92 Å². The standard InChI is InChI=1S/C11H15N2O4/c1-4-7-5-11(7,6-14)13-9(16)17-10(2,3)8(12)15/h4,7H,1,5H2,2-3H3,(H2,12,15)(H,13,16)/t7-,11+/m1/s1. The summed E-state index contributed by atoms with van der Waals surface area (Å²) in [6.07, 6.45) is 2.87. The Hall–Kier alpha value is -1.85. The highest BCUT2D eigenvalue weighted by atomic mass is 16.6. The van der Waals surface area contributed by atoms with E-state index in [9.17, 15) is 14.4 Å². The van der Waals surface area contributed by atoms with Crippen LogP contribution in [0.5, 0.6) is 0 Å². The minimum atomic E-state index is -1.42. The second kappa shape index (κ2) is 4.20. The van der Waals surface area contributed by atoms with Crippen molar-refractivity contribution in [3.05, 3.63) is 12.7 Å². The number of alkyl carbamates (subject to hydrolysis) is 1. The predicted octanol–water partition coefficient (Wildman–Crippen LogP) is 0.0309. The van der Waals surface area contributed by atoms with E-state index in [2.05, 4.69) is 11.9 Å². The summed E-state index contributed by atoms with van der Waals surface area (Å²) in [5, 5.41) is 2.37. The third-order valence-electron chi connectivity index (χ3n) is 2.75. The number of hydrogen-bond acceptors (Lipinski definition) is 4. The summed E-state index contributed by atoms with van der Waals surface area (Å²) in [5.74, 6) is -0.919. The molecule has 1 rings (SSSR count). The smallest absolute Gasteiger partial charge is 0.409 e. The summed E-state index contributed by atoms with van der Waals surface area (Å²) in [7, 11) is 0. The largest absolute Gasteiger partial charge is 0.433 e. The summed E-state index contributed by atoms with van der Waals surface area (Å²) in [6.45, 7) is 6.26. The van der Waals surface area contributed by atoms with Gasteiger partial charge in [0.1, 0.15) is 5.54 Å². The Kier molecular flexibility index (Phi) is 3.26. The maximum Gasteiger partial charge on any atom is 0.409 e. The van der Waals surface area contributed by atoms with Crippen LogP contribution < -0.4 is 11.1 Å². The number of carbonyl (C=O) groups is 2. The highest BCUT2D eigenvalue weighted by Gasteiger charge is 2.55. The molecule has 0 aromatic rings. The molecule has 17 heavy (non-hydrogen) atoms. The van der Waals surface area contributed by atoms with Crippen molar-refractivity contribution >= 4 is 18.3 Å². The number of primary amides is 1. The number of nitrogens with one attached hydrogen (secondary N) is 1. The number of hydrogen-bond donors (Lipinski definition) is 2. The van der Waals surface area contributed by atoms with E-state index in [1.807, 2.05) is 0 Å². The summed E-state index contributed by atoms with van der Waals surface area (Å²) < 4.78 is 4.83. The fourth-order valence-corrected chi connectivity index (χ4v) is 1.35. The van der Waals surface area contributed by atoms with E-state index in [1.165, 1.54) is 13.8 Å². The van der Waals surface area contributed by atoms with Crippen molar-refractivity contribution in [1.82, 2.24) is 5.32 Å². The van der Waals surface area contributed by atoms with Crippen molar-refractivity contribution in [2.24, 2.45) is 11.7 Å². The second-order valence-electron chi connectivity index (χ2n) is 4.51. The molecule has 93 valence electrons. The van der Waals surface area contributed by atoms with Crippen LogP contribution in [-0.2, 0) is 14.3 Å². The van der Waals surface area contributed by atoms with Gasteiger partial charge in [-0.1, -0.05) is 6.08 Å². The van der Waals surface area contributed by atoms with Crippen LogP contribution in [-0.4, -0.2) is 29.4 Å². The van der Waals surface area contributed by atoms with Gasteiger partial charge in [0, 0.05) is 5.92 Å². The van der Waals surface area contributed by atoms with E-state index >= 15 is 0 Å². The third-order valence-corrected chi connectivity index (χ3v) is 2.75. The molecule has 0 aromatic heterocycles. The topological polar surface area (TPSA) is 98.5 Å². The van der Waals surface area contributed by atoms with Crippen molar-refractivity contribution in [3.63, 3.8) is 0 Å². The Bertz CT molecular complexity index is 378. The molecule has 0 aliphatic heterocycles. The minimum absolute atomic E-state index is 0.149. The van der Waals surface area contributed by atoms with Crippen molar-refractivity contribution in [2.75, 3.05) is 0 Å². The molecule has 2 atom stereocenters. The maximum absolute atomic E-state index is 11.5. The first-order valence-electron chi connectivity index (χ1n) is 5.10. The Morgan fingerprint density at radius 1 is 1.65 bits per heavy atom. The van der Waals surface area contributed by atoms with Crippen molar-refractivity contribution < 1.29 is 19.1 Å². The first-order chi connectivity index (χ1) is 7.77. The van der Waals surface area contributed by atoms with Gasteiger partial charge in [0.05, 0.1) is 0 Å². The molecule has 0 heterocycles. The third kappa shape index (κ3) is 2.64. The van der Waals surface area contributed by atoms with Gasteiger partial charge in [-0.05, 0) is 20.3 Å². The molecular weight excluding hydrogens is 224 g/mol. The minimum Gasteiger partial charge on any atom is -0.433 e. The summed E-state index contributed by atoms with van der Waals surface area (Å²) in [4.78, 5) is 33.2. The molecule has 0 saturated heterocycles. The van der Waals surface area contributed by atoms with Crippen LogP contribution in [0.3, 0.4) is 0 Å². The molecule has 2 amide bonds. The zero-order valence-corrected chi connectivity index (χ0v) is 9.78. The molecule has 1 aliphatic rings. The van der Waals surface area contributed by atoms with Gasteiger partial charge in [0.25, 0.3) is 5.91 Å². The van der Waals surface area contributed by atoms with Gasteiger partial charge in [-0.25, -0.2) is 4.79 Å². The molecule has 3 N–H and O–H groups in total. The molecule has 0 unspecified atom stereocenters. The van der Waals surface area contributed by atoms with E-state index < -0.39 is 23.1 Å². The summed E-state index contributed by atoms with van der Waals surface area (Å²) in [5.41, 5.74) is 2.56. The molecule has 0 bridgehead atoms. The second-order valence-corrected chi connectivity index (χ2v) is 4.51. The van der Waals surface area contributed by atoms with E-state index in [1.54, 1.807) is 12.4 Å². The van der Waals surface area contributed by atoms with Gasteiger partial charge in [0.15, 0.2) is 5.60 Å². The first-order valence-corrected chi connectivity index (χ1v) is 5.10. The van der Waals surface area contributed by atoms with Crippen LogP contribution in [0.1, 0.15) is 20.3 Å². The normalized spacial score (nSPS) is 26.8. The molecule has 6 heteroatoms. The van der Waals surface area contributed by atoms with Crippen LogP contribution in [0.2, 0.25) is 0 Å². The van der Waals surface area contributed by atoms with Crippen LogP contribution in [0.25, 0.3) is 0 Å². The molecule has 1 aliphatic carbocycles.